The van der Waals surface area contributed by atoms with Gasteiger partial charge in [-0.15, -0.1) is 0 Å². The zero-order valence-electron chi connectivity index (χ0n) is 15.4. The van der Waals surface area contributed by atoms with Crippen molar-refractivity contribution in [1.29, 1.82) is 0 Å². The van der Waals surface area contributed by atoms with E-state index in [-0.39, 0.29) is 18.7 Å². The molecular weight excluding hydrogens is 344 g/mol. The number of benzene rings is 2. The Morgan fingerprint density at radius 2 is 1.81 bits per heavy atom. The summed E-state index contributed by atoms with van der Waals surface area (Å²) in [6.07, 6.45) is 0. The number of nitrogens with one attached hydrogen (secondary N) is 1. The lowest BCUT2D eigenvalue weighted by Gasteiger charge is -2.35. The number of hydrogen-bond donors (Lipinski definition) is 1. The van der Waals surface area contributed by atoms with Crippen molar-refractivity contribution < 1.29 is 19.0 Å². The fourth-order valence-corrected chi connectivity index (χ4v) is 3.46. The Balaban J connectivity index is 1.47. The maximum absolute atomic E-state index is 12.7. The van der Waals surface area contributed by atoms with Crippen LogP contribution in [0.25, 0.3) is 0 Å². The van der Waals surface area contributed by atoms with Gasteiger partial charge >= 0.3 is 0 Å². The number of ether oxygens (including phenoxy) is 3. The fraction of sp³-hybridized carbons (Fsp3) is 0.381. The molecule has 0 saturated carbocycles. The van der Waals surface area contributed by atoms with Crippen LogP contribution in [0, 0.1) is 6.92 Å². The molecule has 2 aromatic carbocycles. The van der Waals surface area contributed by atoms with E-state index >= 15 is 0 Å². The van der Waals surface area contributed by atoms with Crippen LogP contribution in [-0.4, -0.2) is 50.4 Å². The molecule has 0 spiro atoms. The minimum absolute atomic E-state index is 0.112. The standard InChI is InChI=1S/C21H24N2O4/c1-15-2-4-16(5-3-15)18(23-8-10-25-11-9-23)13-22-21(24)17-6-7-19-20(12-17)27-14-26-19/h2-7,12,18H,8-11,13-14H2,1H3,(H,22,24)/t18-/m0/s1. The van der Waals surface area contributed by atoms with Gasteiger partial charge in [0.1, 0.15) is 0 Å². The number of hydrogen-bond acceptors (Lipinski definition) is 5. The van der Waals surface area contributed by atoms with Gasteiger partial charge in [-0.1, -0.05) is 29.8 Å². The number of rotatable bonds is 5. The molecule has 1 N–H and O–H groups in total. The van der Waals surface area contributed by atoms with Crippen molar-refractivity contribution in [1.82, 2.24) is 10.2 Å². The highest BCUT2D eigenvalue weighted by Gasteiger charge is 2.24. The summed E-state index contributed by atoms with van der Waals surface area (Å²) in [7, 11) is 0. The van der Waals surface area contributed by atoms with E-state index in [1.54, 1.807) is 18.2 Å². The Bertz CT molecular complexity index is 800. The van der Waals surface area contributed by atoms with Crippen LogP contribution in [0.4, 0.5) is 0 Å². The third-order valence-electron chi connectivity index (χ3n) is 5.04. The average molecular weight is 368 g/mol. The summed E-state index contributed by atoms with van der Waals surface area (Å²) >= 11 is 0. The van der Waals surface area contributed by atoms with E-state index in [1.807, 2.05) is 0 Å². The predicted octanol–water partition coefficient (Wildman–Crippen LogP) is 2.53. The first-order valence-corrected chi connectivity index (χ1v) is 9.27. The van der Waals surface area contributed by atoms with Crippen LogP contribution in [-0.2, 0) is 4.74 Å². The quantitative estimate of drug-likeness (QED) is 0.879. The molecule has 1 amide bonds. The van der Waals surface area contributed by atoms with Crippen molar-refractivity contribution in [2.24, 2.45) is 0 Å². The number of nitrogens with zero attached hydrogens (tertiary/aromatic N) is 1. The molecule has 2 heterocycles. The molecule has 0 radical (unpaired) electrons. The van der Waals surface area contributed by atoms with Crippen LogP contribution in [0.2, 0.25) is 0 Å². The van der Waals surface area contributed by atoms with Crippen molar-refractivity contribution >= 4 is 5.91 Å². The average Bonchev–Trinajstić information content (AvgIpc) is 3.18. The molecule has 4 rings (SSSR count). The molecule has 1 saturated heterocycles. The van der Waals surface area contributed by atoms with Crippen molar-refractivity contribution in [2.45, 2.75) is 13.0 Å². The number of aryl methyl sites for hydroxylation is 1. The predicted molar refractivity (Wildman–Crippen MR) is 101 cm³/mol. The van der Waals surface area contributed by atoms with Crippen LogP contribution in [0.5, 0.6) is 11.5 Å². The molecule has 0 aromatic heterocycles. The topological polar surface area (TPSA) is 60.0 Å². The molecule has 2 aromatic rings. The maximum atomic E-state index is 12.7. The number of fused-ring (bicyclic) bond motifs is 1. The molecule has 1 atom stereocenters. The van der Waals surface area contributed by atoms with E-state index in [2.05, 4.69) is 41.4 Å². The molecule has 0 bridgehead atoms. The van der Waals surface area contributed by atoms with E-state index in [4.69, 9.17) is 14.2 Å². The molecule has 0 unspecified atom stereocenters. The SMILES string of the molecule is Cc1ccc([C@H](CNC(=O)c2ccc3c(c2)OCO3)N2CCOCC2)cc1. The molecule has 6 nitrogen and oxygen atoms in total. The highest BCUT2D eigenvalue weighted by molar-refractivity contribution is 5.95. The Morgan fingerprint density at radius 3 is 2.59 bits per heavy atom. The summed E-state index contributed by atoms with van der Waals surface area (Å²) in [5.41, 5.74) is 3.00. The number of amides is 1. The molecule has 2 aliphatic rings. The highest BCUT2D eigenvalue weighted by Crippen LogP contribution is 2.32. The van der Waals surface area contributed by atoms with E-state index in [0.29, 0.717) is 23.6 Å². The van der Waals surface area contributed by atoms with Crippen LogP contribution in [0.3, 0.4) is 0 Å². The van der Waals surface area contributed by atoms with E-state index in [0.717, 1.165) is 26.3 Å². The van der Waals surface area contributed by atoms with Gasteiger partial charge in [-0.3, -0.25) is 9.69 Å². The van der Waals surface area contributed by atoms with Crippen molar-refractivity contribution in [3.05, 3.63) is 59.2 Å². The van der Waals surface area contributed by atoms with Crippen molar-refractivity contribution in [3.63, 3.8) is 0 Å². The zero-order chi connectivity index (χ0) is 18.6. The number of carbonyl (C=O) groups excluding carboxylic acids is 1. The Kier molecular flexibility index (Phi) is 5.27. The largest absolute Gasteiger partial charge is 0.454 e. The van der Waals surface area contributed by atoms with Crippen LogP contribution in [0.15, 0.2) is 42.5 Å². The minimum atomic E-state index is -0.112. The van der Waals surface area contributed by atoms with E-state index < -0.39 is 0 Å². The lowest BCUT2D eigenvalue weighted by Crippen LogP contribution is -2.43. The van der Waals surface area contributed by atoms with Crippen LogP contribution < -0.4 is 14.8 Å². The molecule has 142 valence electrons. The summed E-state index contributed by atoms with van der Waals surface area (Å²) in [6, 6.07) is 13.9. The van der Waals surface area contributed by atoms with Gasteiger partial charge in [-0.05, 0) is 30.7 Å². The lowest BCUT2D eigenvalue weighted by molar-refractivity contribution is 0.0162. The fourth-order valence-electron chi connectivity index (χ4n) is 3.46. The molecular formula is C21H24N2O4. The second kappa shape index (κ2) is 7.98. The first-order chi connectivity index (χ1) is 13.2. The van der Waals surface area contributed by atoms with Gasteiger partial charge in [0, 0.05) is 25.2 Å². The molecule has 0 aliphatic carbocycles. The first kappa shape index (κ1) is 17.8. The Labute approximate surface area is 159 Å². The molecule has 2 aliphatic heterocycles. The summed E-state index contributed by atoms with van der Waals surface area (Å²) in [5, 5.41) is 3.08. The van der Waals surface area contributed by atoms with Crippen molar-refractivity contribution in [2.75, 3.05) is 39.6 Å². The van der Waals surface area contributed by atoms with E-state index in [1.165, 1.54) is 11.1 Å². The monoisotopic (exact) mass is 368 g/mol. The highest BCUT2D eigenvalue weighted by atomic mass is 16.7. The Hall–Kier alpha value is -2.57. The summed E-state index contributed by atoms with van der Waals surface area (Å²) < 4.78 is 16.2. The third kappa shape index (κ3) is 4.07. The zero-order valence-corrected chi connectivity index (χ0v) is 15.4. The first-order valence-electron chi connectivity index (χ1n) is 9.27. The van der Waals surface area contributed by atoms with Gasteiger partial charge in [0.05, 0.1) is 19.3 Å². The molecule has 1 fully saturated rings. The van der Waals surface area contributed by atoms with Gasteiger partial charge in [0.2, 0.25) is 6.79 Å². The smallest absolute Gasteiger partial charge is 0.251 e. The summed E-state index contributed by atoms with van der Waals surface area (Å²) in [4.78, 5) is 15.0. The van der Waals surface area contributed by atoms with Gasteiger partial charge in [-0.25, -0.2) is 0 Å². The maximum Gasteiger partial charge on any atom is 0.251 e. The van der Waals surface area contributed by atoms with Crippen LogP contribution >= 0.6 is 0 Å². The van der Waals surface area contributed by atoms with Crippen molar-refractivity contribution in [3.8, 4) is 11.5 Å². The third-order valence-corrected chi connectivity index (χ3v) is 5.04. The normalized spacial score (nSPS) is 17.5. The number of morpholine rings is 1. The second-order valence-corrected chi connectivity index (χ2v) is 6.85. The molecule has 27 heavy (non-hydrogen) atoms. The van der Waals surface area contributed by atoms with Gasteiger partial charge in [0.15, 0.2) is 11.5 Å². The molecule has 6 heteroatoms. The van der Waals surface area contributed by atoms with E-state index in [9.17, 15) is 4.79 Å². The van der Waals surface area contributed by atoms with Crippen LogP contribution in [0.1, 0.15) is 27.5 Å². The van der Waals surface area contributed by atoms with Gasteiger partial charge in [-0.2, -0.15) is 0 Å². The number of carbonyl (C=O) groups is 1. The second-order valence-electron chi connectivity index (χ2n) is 6.85. The van der Waals surface area contributed by atoms with Gasteiger partial charge < -0.3 is 19.5 Å². The van der Waals surface area contributed by atoms with Gasteiger partial charge in [0.25, 0.3) is 5.91 Å². The lowest BCUT2D eigenvalue weighted by atomic mass is 10.0. The summed E-state index contributed by atoms with van der Waals surface area (Å²) in [6.45, 7) is 5.98. The minimum Gasteiger partial charge on any atom is -0.454 e. The Morgan fingerprint density at radius 1 is 1.07 bits per heavy atom. The summed E-state index contributed by atoms with van der Waals surface area (Å²) in [5.74, 6) is 1.18.